The Labute approximate surface area is 171 Å². The maximum absolute atomic E-state index is 6.05. The van der Waals surface area contributed by atoms with Gasteiger partial charge in [0.2, 0.25) is 0 Å². The molecule has 4 aromatic rings. The van der Waals surface area contributed by atoms with E-state index in [1.54, 1.807) is 18.9 Å². The smallest absolute Gasteiger partial charge is 0.192 e. The first kappa shape index (κ1) is 18.6. The first-order valence-corrected chi connectivity index (χ1v) is 9.99. The Balaban J connectivity index is 1.62. The minimum atomic E-state index is 0.601. The van der Waals surface area contributed by atoms with E-state index in [-0.39, 0.29) is 0 Å². The standard InChI is InChI=1S/C20H18ClN5OS/c1-3-10-26-19(16-6-4-5-7-17(16)27-2)23-24-20(26)28-13-15-12-25-11-14(21)8-9-18(25)22-15/h3-9,11-12H,1,10,13H2,2H3. The molecule has 0 fully saturated rings. The van der Waals surface area contributed by atoms with Gasteiger partial charge in [0.15, 0.2) is 11.0 Å². The van der Waals surface area contributed by atoms with Crippen LogP contribution in [-0.2, 0) is 12.3 Å². The minimum Gasteiger partial charge on any atom is -0.496 e. The van der Waals surface area contributed by atoms with Crippen LogP contribution < -0.4 is 4.74 Å². The number of imidazole rings is 1. The lowest BCUT2D eigenvalue weighted by Gasteiger charge is -2.10. The molecule has 0 aliphatic carbocycles. The molecule has 8 heteroatoms. The molecule has 0 amide bonds. The molecule has 0 radical (unpaired) electrons. The van der Waals surface area contributed by atoms with Crippen molar-refractivity contribution in [3.63, 3.8) is 0 Å². The van der Waals surface area contributed by atoms with Crippen molar-refractivity contribution < 1.29 is 4.74 Å². The van der Waals surface area contributed by atoms with E-state index >= 15 is 0 Å². The van der Waals surface area contributed by atoms with Gasteiger partial charge in [0.1, 0.15) is 11.4 Å². The van der Waals surface area contributed by atoms with Crippen LogP contribution in [0.4, 0.5) is 0 Å². The lowest BCUT2D eigenvalue weighted by Crippen LogP contribution is -2.01. The van der Waals surface area contributed by atoms with Crippen LogP contribution >= 0.6 is 23.4 Å². The molecule has 6 nitrogen and oxygen atoms in total. The van der Waals surface area contributed by atoms with E-state index in [9.17, 15) is 0 Å². The van der Waals surface area contributed by atoms with Gasteiger partial charge in [-0.3, -0.25) is 4.57 Å². The van der Waals surface area contributed by atoms with Crippen molar-refractivity contribution in [1.29, 1.82) is 0 Å². The van der Waals surface area contributed by atoms with Gasteiger partial charge < -0.3 is 9.14 Å². The van der Waals surface area contributed by atoms with Crippen molar-refractivity contribution in [2.24, 2.45) is 0 Å². The third-order valence-corrected chi connectivity index (χ3v) is 5.41. The molecule has 0 saturated heterocycles. The second-order valence-electron chi connectivity index (χ2n) is 6.04. The number of benzene rings is 1. The molecule has 1 aromatic carbocycles. The van der Waals surface area contributed by atoms with Crippen molar-refractivity contribution in [2.75, 3.05) is 7.11 Å². The zero-order chi connectivity index (χ0) is 19.5. The van der Waals surface area contributed by atoms with Gasteiger partial charge in [-0.25, -0.2) is 4.98 Å². The molecule has 4 rings (SSSR count). The number of pyridine rings is 1. The third-order valence-electron chi connectivity index (χ3n) is 4.19. The van der Waals surface area contributed by atoms with E-state index in [1.807, 2.05) is 63.8 Å². The second-order valence-corrected chi connectivity index (χ2v) is 7.42. The predicted molar refractivity (Wildman–Crippen MR) is 112 cm³/mol. The molecule has 0 spiro atoms. The van der Waals surface area contributed by atoms with Crippen LogP contribution in [0.15, 0.2) is 66.6 Å². The Morgan fingerprint density at radius 2 is 2.04 bits per heavy atom. The normalized spacial score (nSPS) is 11.1. The van der Waals surface area contributed by atoms with Crippen molar-refractivity contribution in [1.82, 2.24) is 24.1 Å². The number of hydrogen-bond acceptors (Lipinski definition) is 5. The number of para-hydroxylation sites is 1. The van der Waals surface area contributed by atoms with Crippen molar-refractivity contribution in [3.05, 3.63) is 72.2 Å². The Hall–Kier alpha value is -2.77. The highest BCUT2D eigenvalue weighted by Crippen LogP contribution is 2.31. The van der Waals surface area contributed by atoms with Crippen molar-refractivity contribution in [2.45, 2.75) is 17.5 Å². The van der Waals surface area contributed by atoms with Crippen LogP contribution in [0.1, 0.15) is 5.69 Å². The van der Waals surface area contributed by atoms with E-state index in [1.165, 1.54) is 0 Å². The van der Waals surface area contributed by atoms with Crippen LogP contribution in [0.2, 0.25) is 5.02 Å². The van der Waals surface area contributed by atoms with Crippen molar-refractivity contribution >= 4 is 29.0 Å². The van der Waals surface area contributed by atoms with Gasteiger partial charge in [-0.2, -0.15) is 0 Å². The maximum Gasteiger partial charge on any atom is 0.192 e. The van der Waals surface area contributed by atoms with Gasteiger partial charge in [-0.1, -0.05) is 41.6 Å². The molecule has 0 bridgehead atoms. The molecular formula is C20H18ClN5OS. The number of ether oxygens (including phenoxy) is 1. The summed E-state index contributed by atoms with van der Waals surface area (Å²) >= 11 is 7.63. The first-order valence-electron chi connectivity index (χ1n) is 8.63. The minimum absolute atomic E-state index is 0.601. The van der Waals surface area contributed by atoms with Gasteiger partial charge in [0.05, 0.1) is 23.4 Å². The largest absolute Gasteiger partial charge is 0.496 e. The lowest BCUT2D eigenvalue weighted by molar-refractivity contribution is 0.416. The summed E-state index contributed by atoms with van der Waals surface area (Å²) in [5.74, 6) is 2.18. The fraction of sp³-hybridized carbons (Fsp3) is 0.150. The van der Waals surface area contributed by atoms with E-state index in [4.69, 9.17) is 16.3 Å². The number of aromatic nitrogens is 5. The number of thioether (sulfide) groups is 1. The number of hydrogen-bond donors (Lipinski definition) is 0. The van der Waals surface area contributed by atoms with Gasteiger partial charge in [0, 0.05) is 24.7 Å². The number of halogens is 1. The Morgan fingerprint density at radius 3 is 2.86 bits per heavy atom. The van der Waals surface area contributed by atoms with Gasteiger partial charge >= 0.3 is 0 Å². The maximum atomic E-state index is 6.05. The van der Waals surface area contributed by atoms with E-state index < -0.39 is 0 Å². The summed E-state index contributed by atoms with van der Waals surface area (Å²) in [5.41, 5.74) is 2.70. The summed E-state index contributed by atoms with van der Waals surface area (Å²) in [4.78, 5) is 4.62. The summed E-state index contributed by atoms with van der Waals surface area (Å²) in [6.07, 6.45) is 5.65. The number of nitrogens with zero attached hydrogens (tertiary/aromatic N) is 5. The molecule has 0 atom stereocenters. The summed E-state index contributed by atoms with van der Waals surface area (Å²) in [5, 5.41) is 10.3. The quantitative estimate of drug-likeness (QED) is 0.325. The molecular weight excluding hydrogens is 394 g/mol. The zero-order valence-corrected chi connectivity index (χ0v) is 16.8. The summed E-state index contributed by atoms with van der Waals surface area (Å²) in [6, 6.07) is 11.5. The number of allylic oxidation sites excluding steroid dienone is 1. The Bertz CT molecular complexity index is 1140. The van der Waals surface area contributed by atoms with Gasteiger partial charge in [-0.15, -0.1) is 16.8 Å². The third kappa shape index (κ3) is 3.63. The van der Waals surface area contributed by atoms with Crippen LogP contribution in [-0.4, -0.2) is 31.3 Å². The number of rotatable bonds is 7. The fourth-order valence-electron chi connectivity index (χ4n) is 2.94. The summed E-state index contributed by atoms with van der Waals surface area (Å²) in [6.45, 7) is 4.46. The predicted octanol–water partition coefficient (Wildman–Crippen LogP) is 4.73. The van der Waals surface area contributed by atoms with Crippen LogP contribution in [0, 0.1) is 0 Å². The zero-order valence-electron chi connectivity index (χ0n) is 15.2. The number of methoxy groups -OCH3 is 1. The molecule has 3 aromatic heterocycles. The average Bonchev–Trinajstić information content (AvgIpc) is 3.29. The highest BCUT2D eigenvalue weighted by atomic mass is 35.5. The SMILES string of the molecule is C=CCn1c(SCc2cn3cc(Cl)ccc3n2)nnc1-c1ccccc1OC. The Morgan fingerprint density at radius 1 is 1.18 bits per heavy atom. The molecule has 0 saturated carbocycles. The van der Waals surface area contributed by atoms with E-state index in [0.717, 1.165) is 33.6 Å². The van der Waals surface area contributed by atoms with Gasteiger partial charge in [-0.05, 0) is 24.3 Å². The fourth-order valence-corrected chi connectivity index (χ4v) is 3.94. The molecule has 3 heterocycles. The molecule has 0 unspecified atom stereocenters. The first-order chi connectivity index (χ1) is 13.7. The van der Waals surface area contributed by atoms with Gasteiger partial charge in [0.25, 0.3) is 0 Å². The highest BCUT2D eigenvalue weighted by molar-refractivity contribution is 7.98. The van der Waals surface area contributed by atoms with Crippen molar-refractivity contribution in [3.8, 4) is 17.1 Å². The van der Waals surface area contributed by atoms with Crippen LogP contribution in [0.5, 0.6) is 5.75 Å². The molecule has 142 valence electrons. The van der Waals surface area contributed by atoms with E-state index in [2.05, 4.69) is 21.8 Å². The topological polar surface area (TPSA) is 57.2 Å². The molecule has 0 N–H and O–H groups in total. The summed E-state index contributed by atoms with van der Waals surface area (Å²) < 4.78 is 9.43. The molecule has 28 heavy (non-hydrogen) atoms. The van der Waals surface area contributed by atoms with Crippen LogP contribution in [0.25, 0.3) is 17.0 Å². The van der Waals surface area contributed by atoms with Crippen LogP contribution in [0.3, 0.4) is 0 Å². The summed E-state index contributed by atoms with van der Waals surface area (Å²) in [7, 11) is 1.65. The molecule has 0 aliphatic rings. The number of fused-ring (bicyclic) bond motifs is 1. The van der Waals surface area contributed by atoms with E-state index in [0.29, 0.717) is 17.3 Å². The second kappa shape index (κ2) is 8.08. The average molecular weight is 412 g/mol. The molecule has 0 aliphatic heterocycles. The lowest BCUT2D eigenvalue weighted by atomic mass is 10.2. The highest BCUT2D eigenvalue weighted by Gasteiger charge is 2.17. The Kier molecular flexibility index (Phi) is 5.36. The monoisotopic (exact) mass is 411 g/mol.